The first-order valence-electron chi connectivity index (χ1n) is 8.57. The summed E-state index contributed by atoms with van der Waals surface area (Å²) in [5, 5.41) is 18.9. The van der Waals surface area contributed by atoms with E-state index in [1.165, 1.54) is 23.1 Å². The molecule has 27 heavy (non-hydrogen) atoms. The average Bonchev–Trinajstić information content (AvgIpc) is 3.02. The summed E-state index contributed by atoms with van der Waals surface area (Å²) in [5.41, 5.74) is 9.45. The fraction of sp³-hybridized carbons (Fsp3) is 0.263. The molecule has 8 heteroatoms. The lowest BCUT2D eigenvalue weighted by Crippen LogP contribution is -2.09. The van der Waals surface area contributed by atoms with Crippen molar-refractivity contribution in [1.82, 2.24) is 9.97 Å². The molecule has 0 fully saturated rings. The zero-order valence-corrected chi connectivity index (χ0v) is 15.7. The van der Waals surface area contributed by atoms with E-state index >= 15 is 0 Å². The van der Waals surface area contributed by atoms with E-state index in [1.807, 2.05) is 18.2 Å². The van der Waals surface area contributed by atoms with Crippen LogP contribution in [0.1, 0.15) is 29.3 Å². The van der Waals surface area contributed by atoms with Crippen molar-refractivity contribution in [1.29, 1.82) is 5.41 Å². The van der Waals surface area contributed by atoms with Crippen LogP contribution in [0.3, 0.4) is 0 Å². The molecular weight excluding hydrogens is 362 g/mol. The van der Waals surface area contributed by atoms with Gasteiger partial charge >= 0.3 is 0 Å². The molecule has 0 spiro atoms. The number of nitrogens with zero attached hydrogens (tertiary/aromatic N) is 2. The molecular formula is C19H21N5O2S. The number of benzene rings is 1. The maximum atomic E-state index is 8.36. The molecule has 0 aliphatic heterocycles. The highest BCUT2D eigenvalue weighted by atomic mass is 32.1. The molecule has 7 nitrogen and oxygen atoms in total. The van der Waals surface area contributed by atoms with E-state index in [4.69, 9.17) is 21.0 Å². The average molecular weight is 383 g/mol. The number of fused-ring (bicyclic) bond motifs is 3. The van der Waals surface area contributed by atoms with Crippen LogP contribution in [0.5, 0.6) is 0 Å². The van der Waals surface area contributed by atoms with Crippen LogP contribution in [-0.2, 0) is 17.6 Å². The van der Waals surface area contributed by atoms with Crippen molar-refractivity contribution in [3.05, 3.63) is 40.5 Å². The second-order valence-corrected chi connectivity index (χ2v) is 7.56. The monoisotopic (exact) mass is 383 g/mol. The van der Waals surface area contributed by atoms with E-state index in [2.05, 4.69) is 22.2 Å². The summed E-state index contributed by atoms with van der Waals surface area (Å²) in [6, 6.07) is 5.60. The Morgan fingerprint density at radius 2 is 2.19 bits per heavy atom. The van der Waals surface area contributed by atoms with Crippen LogP contribution in [0.4, 0.5) is 17.2 Å². The number of rotatable bonds is 3. The summed E-state index contributed by atoms with van der Waals surface area (Å²) in [7, 11) is 0. The number of aromatic nitrogens is 2. The summed E-state index contributed by atoms with van der Waals surface area (Å²) >= 11 is 1.79. The van der Waals surface area contributed by atoms with Crippen molar-refractivity contribution in [3.63, 3.8) is 0 Å². The number of anilines is 3. The van der Waals surface area contributed by atoms with E-state index in [0.29, 0.717) is 11.3 Å². The quantitative estimate of drug-likeness (QED) is 0.309. The molecule has 1 unspecified atom stereocenters. The molecule has 4 rings (SSSR count). The van der Waals surface area contributed by atoms with Gasteiger partial charge in [0.05, 0.1) is 5.39 Å². The molecule has 3 aromatic rings. The van der Waals surface area contributed by atoms with Crippen molar-refractivity contribution in [3.8, 4) is 0 Å². The predicted octanol–water partition coefficient (Wildman–Crippen LogP) is 3.84. The number of nitrogens with one attached hydrogen (secondary N) is 2. The highest BCUT2D eigenvalue weighted by Crippen LogP contribution is 2.40. The first kappa shape index (κ1) is 18.8. The van der Waals surface area contributed by atoms with Gasteiger partial charge in [0.2, 0.25) is 0 Å². The molecule has 0 amide bonds. The van der Waals surface area contributed by atoms with E-state index in [-0.39, 0.29) is 6.47 Å². The topological polar surface area (TPSA) is 125 Å². The Balaban J connectivity index is 0.000000659. The summed E-state index contributed by atoms with van der Waals surface area (Å²) in [6.45, 7) is 2.06. The van der Waals surface area contributed by atoms with Gasteiger partial charge in [0.1, 0.15) is 17.0 Å². The predicted molar refractivity (Wildman–Crippen MR) is 109 cm³/mol. The lowest BCUT2D eigenvalue weighted by Gasteiger charge is -2.18. The standard InChI is InChI=1S/C18H19N5S.CH2O2/c1-10-2-4-13-15(6-10)24-18-16(13)17(21-9-22-18)23-12-3-5-14(20)11(7-12)8-19;2-1-3/h3,5,7-10,19H,2,4,6,20H2,1H3,(H,21,22,23);1H,(H,2,3). The fourth-order valence-electron chi connectivity index (χ4n) is 3.28. The van der Waals surface area contributed by atoms with Crippen molar-refractivity contribution in [2.75, 3.05) is 11.1 Å². The summed E-state index contributed by atoms with van der Waals surface area (Å²) in [5.74, 6) is 1.58. The molecule has 0 radical (unpaired) electrons. The maximum absolute atomic E-state index is 8.36. The van der Waals surface area contributed by atoms with E-state index < -0.39 is 0 Å². The smallest absolute Gasteiger partial charge is 0.290 e. The van der Waals surface area contributed by atoms with Crippen LogP contribution >= 0.6 is 11.3 Å². The Morgan fingerprint density at radius 3 is 2.93 bits per heavy atom. The van der Waals surface area contributed by atoms with Crippen molar-refractivity contribution in [2.45, 2.75) is 26.2 Å². The summed E-state index contributed by atoms with van der Waals surface area (Å²) in [4.78, 5) is 19.8. The van der Waals surface area contributed by atoms with Gasteiger partial charge in [0, 0.05) is 28.0 Å². The molecule has 1 atom stereocenters. The third-order valence-electron chi connectivity index (χ3n) is 4.60. The lowest BCUT2D eigenvalue weighted by molar-refractivity contribution is -0.122. The third kappa shape index (κ3) is 3.90. The minimum absolute atomic E-state index is 0.250. The zero-order valence-electron chi connectivity index (χ0n) is 14.9. The molecule has 1 aliphatic carbocycles. The van der Waals surface area contributed by atoms with Crippen molar-refractivity contribution < 1.29 is 9.90 Å². The van der Waals surface area contributed by atoms with Gasteiger partial charge in [-0.2, -0.15) is 0 Å². The molecule has 1 aliphatic rings. The van der Waals surface area contributed by atoms with Crippen molar-refractivity contribution in [2.24, 2.45) is 5.92 Å². The number of hydrogen-bond acceptors (Lipinski definition) is 7. The van der Waals surface area contributed by atoms with Crippen molar-refractivity contribution >= 4 is 51.4 Å². The largest absolute Gasteiger partial charge is 0.483 e. The minimum atomic E-state index is -0.250. The van der Waals surface area contributed by atoms with Gasteiger partial charge in [-0.05, 0) is 48.9 Å². The van der Waals surface area contributed by atoms with Crippen LogP contribution in [0.15, 0.2) is 24.5 Å². The Bertz CT molecular complexity index is 986. The van der Waals surface area contributed by atoms with Gasteiger partial charge in [-0.15, -0.1) is 11.3 Å². The van der Waals surface area contributed by atoms with Crippen LogP contribution in [-0.4, -0.2) is 27.8 Å². The minimum Gasteiger partial charge on any atom is -0.483 e. The highest BCUT2D eigenvalue weighted by molar-refractivity contribution is 7.19. The Hall–Kier alpha value is -3.00. The third-order valence-corrected chi connectivity index (χ3v) is 5.76. The van der Waals surface area contributed by atoms with E-state index in [0.717, 1.165) is 40.5 Å². The fourth-order valence-corrected chi connectivity index (χ4v) is 4.63. The second kappa shape index (κ2) is 8.13. The van der Waals surface area contributed by atoms with Gasteiger partial charge in [-0.25, -0.2) is 9.97 Å². The Labute approximate surface area is 160 Å². The number of aryl methyl sites for hydroxylation is 1. The number of thiophene rings is 1. The van der Waals surface area contributed by atoms with Crippen LogP contribution in [0, 0.1) is 11.3 Å². The maximum Gasteiger partial charge on any atom is 0.290 e. The van der Waals surface area contributed by atoms with E-state index in [1.54, 1.807) is 17.7 Å². The molecule has 0 saturated carbocycles. The number of nitrogen functional groups attached to an aromatic ring is 1. The van der Waals surface area contributed by atoms with Crippen LogP contribution in [0.25, 0.3) is 10.2 Å². The number of carboxylic acid groups (broad SMARTS) is 1. The molecule has 5 N–H and O–H groups in total. The molecule has 140 valence electrons. The van der Waals surface area contributed by atoms with Gasteiger partial charge < -0.3 is 21.6 Å². The summed E-state index contributed by atoms with van der Waals surface area (Å²) < 4.78 is 0. The van der Waals surface area contributed by atoms with Gasteiger partial charge in [-0.1, -0.05) is 6.92 Å². The first-order chi connectivity index (χ1) is 13.1. The van der Waals surface area contributed by atoms with Gasteiger partial charge in [-0.3, -0.25) is 4.79 Å². The van der Waals surface area contributed by atoms with E-state index in [9.17, 15) is 0 Å². The highest BCUT2D eigenvalue weighted by Gasteiger charge is 2.23. The Kier molecular flexibility index (Phi) is 5.66. The normalized spacial score (nSPS) is 15.4. The SMILES string of the molecule is CC1CCc2c(sc3ncnc(Nc4ccc(N)c(C=N)c4)c23)C1.O=CO. The Morgan fingerprint density at radius 1 is 1.41 bits per heavy atom. The lowest BCUT2D eigenvalue weighted by atomic mass is 9.89. The molecule has 1 aromatic carbocycles. The molecule has 2 heterocycles. The van der Waals surface area contributed by atoms with Gasteiger partial charge in [0.15, 0.2) is 0 Å². The number of hydrogen-bond donors (Lipinski definition) is 4. The summed E-state index contributed by atoms with van der Waals surface area (Å²) in [6.07, 6.45) is 6.32. The van der Waals surface area contributed by atoms with Crippen LogP contribution < -0.4 is 11.1 Å². The second-order valence-electron chi connectivity index (χ2n) is 6.47. The number of carbonyl (C=O) groups is 1. The van der Waals surface area contributed by atoms with Gasteiger partial charge in [0.25, 0.3) is 6.47 Å². The zero-order chi connectivity index (χ0) is 19.4. The molecule has 0 bridgehead atoms. The number of nitrogens with two attached hydrogens (primary N) is 1. The van der Waals surface area contributed by atoms with Crippen LogP contribution in [0.2, 0.25) is 0 Å². The molecule has 0 saturated heterocycles. The first-order valence-corrected chi connectivity index (χ1v) is 9.39. The molecule has 2 aromatic heterocycles.